The number of halogens is 3. The summed E-state index contributed by atoms with van der Waals surface area (Å²) in [5.74, 6) is 0. The summed E-state index contributed by atoms with van der Waals surface area (Å²) < 4.78 is 38.1. The van der Waals surface area contributed by atoms with Crippen molar-refractivity contribution < 1.29 is 13.2 Å². The molecule has 2 aromatic rings. The molecule has 0 heterocycles. The number of hydrogen-bond acceptors (Lipinski definition) is 1. The van der Waals surface area contributed by atoms with Gasteiger partial charge in [0, 0.05) is 6.04 Å². The van der Waals surface area contributed by atoms with Gasteiger partial charge in [0.05, 0.1) is 5.56 Å². The fourth-order valence-electron chi connectivity index (χ4n) is 2.40. The SMILES string of the molecule is Cc1ccc(C)c(C(N)Cc2cccc(C(F)(F)F)c2)c1. The highest BCUT2D eigenvalue weighted by molar-refractivity contribution is 5.35. The van der Waals surface area contributed by atoms with Crippen LogP contribution in [0.25, 0.3) is 0 Å². The van der Waals surface area contributed by atoms with Crippen LogP contribution >= 0.6 is 0 Å². The third kappa shape index (κ3) is 3.85. The second kappa shape index (κ2) is 5.90. The minimum absolute atomic E-state index is 0.312. The van der Waals surface area contributed by atoms with Gasteiger partial charge in [-0.25, -0.2) is 0 Å². The van der Waals surface area contributed by atoms with E-state index in [4.69, 9.17) is 5.73 Å². The van der Waals surface area contributed by atoms with Crippen LogP contribution < -0.4 is 5.73 Å². The molecule has 2 rings (SSSR count). The van der Waals surface area contributed by atoms with Gasteiger partial charge in [0.2, 0.25) is 0 Å². The summed E-state index contributed by atoms with van der Waals surface area (Å²) in [6, 6.07) is 11.0. The molecule has 0 radical (unpaired) electrons. The minimum atomic E-state index is -4.32. The molecule has 0 saturated carbocycles. The fraction of sp³-hybridized carbons (Fsp3) is 0.294. The summed E-state index contributed by atoms with van der Waals surface area (Å²) in [4.78, 5) is 0. The van der Waals surface area contributed by atoms with Crippen molar-refractivity contribution in [2.75, 3.05) is 0 Å². The lowest BCUT2D eigenvalue weighted by Gasteiger charge is -2.16. The van der Waals surface area contributed by atoms with E-state index in [0.29, 0.717) is 12.0 Å². The van der Waals surface area contributed by atoms with E-state index in [1.807, 2.05) is 32.0 Å². The Labute approximate surface area is 122 Å². The van der Waals surface area contributed by atoms with Gasteiger partial charge in [0.15, 0.2) is 0 Å². The first kappa shape index (κ1) is 15.6. The Balaban J connectivity index is 2.23. The molecule has 0 aliphatic heterocycles. The van der Waals surface area contributed by atoms with E-state index < -0.39 is 11.7 Å². The van der Waals surface area contributed by atoms with Gasteiger partial charge < -0.3 is 5.73 Å². The van der Waals surface area contributed by atoms with E-state index in [9.17, 15) is 13.2 Å². The van der Waals surface area contributed by atoms with Crippen LogP contribution in [-0.2, 0) is 12.6 Å². The van der Waals surface area contributed by atoms with Crippen molar-refractivity contribution in [1.82, 2.24) is 0 Å². The second-order valence-electron chi connectivity index (χ2n) is 5.37. The van der Waals surface area contributed by atoms with Crippen molar-refractivity contribution in [3.63, 3.8) is 0 Å². The van der Waals surface area contributed by atoms with E-state index in [2.05, 4.69) is 0 Å². The average Bonchev–Trinajstić information content (AvgIpc) is 2.41. The van der Waals surface area contributed by atoms with Crippen molar-refractivity contribution in [3.8, 4) is 0 Å². The summed E-state index contributed by atoms with van der Waals surface area (Å²) in [7, 11) is 0. The molecule has 21 heavy (non-hydrogen) atoms. The molecule has 112 valence electrons. The number of alkyl halides is 3. The van der Waals surface area contributed by atoms with Crippen LogP contribution in [0.2, 0.25) is 0 Å². The Kier molecular flexibility index (Phi) is 4.37. The van der Waals surface area contributed by atoms with Crippen molar-refractivity contribution in [2.45, 2.75) is 32.5 Å². The van der Waals surface area contributed by atoms with Crippen LogP contribution in [0.5, 0.6) is 0 Å². The van der Waals surface area contributed by atoms with Crippen LogP contribution in [0.15, 0.2) is 42.5 Å². The molecule has 0 bridgehead atoms. The van der Waals surface area contributed by atoms with Gasteiger partial charge in [-0.1, -0.05) is 42.0 Å². The van der Waals surface area contributed by atoms with Crippen molar-refractivity contribution in [2.24, 2.45) is 5.73 Å². The molecule has 0 amide bonds. The maximum absolute atomic E-state index is 12.7. The third-order valence-corrected chi connectivity index (χ3v) is 3.54. The maximum atomic E-state index is 12.7. The van der Waals surface area contributed by atoms with E-state index in [1.54, 1.807) is 6.07 Å². The van der Waals surface area contributed by atoms with Gasteiger partial charge in [-0.05, 0) is 43.0 Å². The molecule has 1 unspecified atom stereocenters. The molecule has 0 saturated heterocycles. The van der Waals surface area contributed by atoms with E-state index in [1.165, 1.54) is 12.1 Å². The monoisotopic (exact) mass is 293 g/mol. The molecule has 0 aliphatic carbocycles. The maximum Gasteiger partial charge on any atom is 0.416 e. The summed E-state index contributed by atoms with van der Waals surface area (Å²) >= 11 is 0. The van der Waals surface area contributed by atoms with Gasteiger partial charge in [-0.2, -0.15) is 13.2 Å². The second-order valence-corrected chi connectivity index (χ2v) is 5.37. The lowest BCUT2D eigenvalue weighted by molar-refractivity contribution is -0.137. The predicted molar refractivity (Wildman–Crippen MR) is 78.0 cm³/mol. The fourth-order valence-corrected chi connectivity index (χ4v) is 2.40. The Morgan fingerprint density at radius 3 is 2.43 bits per heavy atom. The standard InChI is InChI=1S/C17H18F3N/c1-11-6-7-12(2)15(8-11)16(21)10-13-4-3-5-14(9-13)17(18,19)20/h3-9,16H,10,21H2,1-2H3. The molecule has 1 atom stereocenters. The number of hydrogen-bond donors (Lipinski definition) is 1. The smallest absolute Gasteiger partial charge is 0.324 e. The topological polar surface area (TPSA) is 26.0 Å². The van der Waals surface area contributed by atoms with Gasteiger partial charge in [-0.3, -0.25) is 0 Å². The summed E-state index contributed by atoms with van der Waals surface area (Å²) in [6.07, 6.45) is -3.94. The zero-order valence-corrected chi connectivity index (χ0v) is 12.0. The van der Waals surface area contributed by atoms with E-state index in [0.717, 1.165) is 22.8 Å². The quantitative estimate of drug-likeness (QED) is 0.881. The number of aryl methyl sites for hydroxylation is 2. The van der Waals surface area contributed by atoms with Gasteiger partial charge in [-0.15, -0.1) is 0 Å². The molecule has 0 fully saturated rings. The van der Waals surface area contributed by atoms with E-state index >= 15 is 0 Å². The van der Waals surface area contributed by atoms with Crippen molar-refractivity contribution in [1.29, 1.82) is 0 Å². The Bertz CT molecular complexity index is 632. The predicted octanol–water partition coefficient (Wildman–Crippen LogP) is 4.56. The molecule has 0 aromatic heterocycles. The minimum Gasteiger partial charge on any atom is -0.324 e. The van der Waals surface area contributed by atoms with Gasteiger partial charge in [0.25, 0.3) is 0 Å². The summed E-state index contributed by atoms with van der Waals surface area (Å²) in [5, 5.41) is 0. The van der Waals surface area contributed by atoms with Crippen LogP contribution in [-0.4, -0.2) is 0 Å². The Morgan fingerprint density at radius 1 is 1.05 bits per heavy atom. The Hall–Kier alpha value is -1.81. The molecular formula is C17H18F3N. The highest BCUT2D eigenvalue weighted by Gasteiger charge is 2.30. The van der Waals surface area contributed by atoms with Crippen LogP contribution in [0.3, 0.4) is 0 Å². The van der Waals surface area contributed by atoms with Crippen molar-refractivity contribution >= 4 is 0 Å². The number of benzene rings is 2. The molecular weight excluding hydrogens is 275 g/mol. The zero-order chi connectivity index (χ0) is 15.6. The van der Waals surface area contributed by atoms with E-state index in [-0.39, 0.29) is 6.04 Å². The summed E-state index contributed by atoms with van der Waals surface area (Å²) in [6.45, 7) is 3.93. The first-order valence-corrected chi connectivity index (χ1v) is 6.76. The zero-order valence-electron chi connectivity index (χ0n) is 12.0. The van der Waals surface area contributed by atoms with Gasteiger partial charge >= 0.3 is 6.18 Å². The van der Waals surface area contributed by atoms with Crippen LogP contribution in [0.4, 0.5) is 13.2 Å². The molecule has 2 aromatic carbocycles. The third-order valence-electron chi connectivity index (χ3n) is 3.54. The molecule has 1 nitrogen and oxygen atoms in total. The normalized spacial score (nSPS) is 13.2. The number of rotatable bonds is 3. The van der Waals surface area contributed by atoms with Crippen LogP contribution in [0, 0.1) is 13.8 Å². The lowest BCUT2D eigenvalue weighted by atomic mass is 9.94. The lowest BCUT2D eigenvalue weighted by Crippen LogP contribution is -2.15. The highest BCUT2D eigenvalue weighted by Crippen LogP contribution is 2.30. The summed E-state index contributed by atoms with van der Waals surface area (Å²) in [5.41, 5.74) is 9.27. The van der Waals surface area contributed by atoms with Crippen LogP contribution in [0.1, 0.15) is 33.9 Å². The molecule has 0 spiro atoms. The largest absolute Gasteiger partial charge is 0.416 e. The Morgan fingerprint density at radius 2 is 1.76 bits per heavy atom. The highest BCUT2D eigenvalue weighted by atomic mass is 19.4. The average molecular weight is 293 g/mol. The number of nitrogens with two attached hydrogens (primary N) is 1. The first-order chi connectivity index (χ1) is 9.77. The molecule has 2 N–H and O–H groups in total. The first-order valence-electron chi connectivity index (χ1n) is 6.76. The van der Waals surface area contributed by atoms with Gasteiger partial charge in [0.1, 0.15) is 0 Å². The molecule has 0 aliphatic rings. The molecule has 4 heteroatoms. The van der Waals surface area contributed by atoms with Crippen molar-refractivity contribution in [3.05, 3.63) is 70.3 Å².